The molecule has 2 aromatic rings. The zero-order valence-corrected chi connectivity index (χ0v) is 14.5. The van der Waals surface area contributed by atoms with E-state index in [2.05, 4.69) is 16.3 Å². The van der Waals surface area contributed by atoms with Gasteiger partial charge in [-0.05, 0) is 42.8 Å². The number of carbonyl (C=O) groups excluding carboxylic acids is 1. The molecule has 1 N–H and O–H groups in total. The van der Waals surface area contributed by atoms with Gasteiger partial charge < -0.3 is 19.7 Å². The van der Waals surface area contributed by atoms with Crippen LogP contribution in [0.5, 0.6) is 5.75 Å². The molecule has 0 bridgehead atoms. The van der Waals surface area contributed by atoms with Gasteiger partial charge in [0.05, 0.1) is 26.2 Å². The molecule has 1 aliphatic rings. The minimum atomic E-state index is -0.0247. The normalized spacial score (nSPS) is 14.2. The highest BCUT2D eigenvalue weighted by Crippen LogP contribution is 2.21. The second-order valence-electron chi connectivity index (χ2n) is 5.95. The van der Waals surface area contributed by atoms with E-state index in [9.17, 15) is 4.79 Å². The zero-order chi connectivity index (χ0) is 17.5. The van der Waals surface area contributed by atoms with Gasteiger partial charge in [-0.25, -0.2) is 0 Å². The molecule has 3 rings (SSSR count). The van der Waals surface area contributed by atoms with Crippen LogP contribution in [0.25, 0.3) is 0 Å². The van der Waals surface area contributed by atoms with Crippen LogP contribution in [0.15, 0.2) is 48.5 Å². The Morgan fingerprint density at radius 1 is 1.16 bits per heavy atom. The molecule has 1 heterocycles. The third kappa shape index (κ3) is 4.97. The first-order valence-corrected chi connectivity index (χ1v) is 8.69. The largest absolute Gasteiger partial charge is 0.494 e. The number of rotatable bonds is 6. The summed E-state index contributed by atoms with van der Waals surface area (Å²) in [4.78, 5) is 14.6. The van der Waals surface area contributed by atoms with Gasteiger partial charge in [-0.15, -0.1) is 0 Å². The first-order chi connectivity index (χ1) is 12.2. The lowest BCUT2D eigenvalue weighted by atomic mass is 10.1. The molecule has 132 valence electrons. The second kappa shape index (κ2) is 8.53. The highest BCUT2D eigenvalue weighted by atomic mass is 16.5. The maximum atomic E-state index is 12.3. The molecule has 1 aliphatic heterocycles. The summed E-state index contributed by atoms with van der Waals surface area (Å²) >= 11 is 0. The van der Waals surface area contributed by atoms with Crippen molar-refractivity contribution in [1.82, 2.24) is 0 Å². The van der Waals surface area contributed by atoms with Crippen molar-refractivity contribution in [3.05, 3.63) is 54.1 Å². The molecule has 1 amide bonds. The van der Waals surface area contributed by atoms with E-state index >= 15 is 0 Å². The molecule has 0 spiro atoms. The van der Waals surface area contributed by atoms with Gasteiger partial charge in [0.1, 0.15) is 5.75 Å². The van der Waals surface area contributed by atoms with E-state index in [4.69, 9.17) is 9.47 Å². The minimum Gasteiger partial charge on any atom is -0.494 e. The Bertz CT molecular complexity index is 694. The average molecular weight is 340 g/mol. The molecule has 5 heteroatoms. The number of amides is 1. The van der Waals surface area contributed by atoms with Crippen molar-refractivity contribution in [2.24, 2.45) is 0 Å². The van der Waals surface area contributed by atoms with Gasteiger partial charge in [0, 0.05) is 24.5 Å². The third-order valence-electron chi connectivity index (χ3n) is 4.11. The topological polar surface area (TPSA) is 50.8 Å². The smallest absolute Gasteiger partial charge is 0.228 e. The molecule has 1 fully saturated rings. The summed E-state index contributed by atoms with van der Waals surface area (Å²) in [6.07, 6.45) is 0.341. The first kappa shape index (κ1) is 17.3. The van der Waals surface area contributed by atoms with Crippen LogP contribution in [0.2, 0.25) is 0 Å². The average Bonchev–Trinajstić information content (AvgIpc) is 2.64. The van der Waals surface area contributed by atoms with Crippen molar-refractivity contribution in [2.75, 3.05) is 43.1 Å². The Morgan fingerprint density at radius 3 is 2.64 bits per heavy atom. The molecule has 0 atom stereocenters. The van der Waals surface area contributed by atoms with Gasteiger partial charge in [-0.3, -0.25) is 4.79 Å². The van der Waals surface area contributed by atoms with Crippen LogP contribution in [-0.2, 0) is 16.0 Å². The van der Waals surface area contributed by atoms with Gasteiger partial charge in [0.2, 0.25) is 5.91 Å². The van der Waals surface area contributed by atoms with Crippen molar-refractivity contribution in [2.45, 2.75) is 13.3 Å². The lowest BCUT2D eigenvalue weighted by molar-refractivity contribution is -0.115. The van der Waals surface area contributed by atoms with Crippen molar-refractivity contribution < 1.29 is 14.3 Å². The van der Waals surface area contributed by atoms with Gasteiger partial charge in [0.15, 0.2) is 0 Å². The van der Waals surface area contributed by atoms with E-state index in [0.717, 1.165) is 49.0 Å². The third-order valence-corrected chi connectivity index (χ3v) is 4.11. The number of hydrogen-bond donors (Lipinski definition) is 1. The molecule has 0 aromatic heterocycles. The van der Waals surface area contributed by atoms with E-state index < -0.39 is 0 Å². The molecule has 2 aromatic carbocycles. The number of ether oxygens (including phenoxy) is 2. The lowest BCUT2D eigenvalue weighted by Gasteiger charge is -2.29. The van der Waals surface area contributed by atoms with E-state index in [-0.39, 0.29) is 5.91 Å². The van der Waals surface area contributed by atoms with E-state index in [1.165, 1.54) is 0 Å². The molecule has 0 radical (unpaired) electrons. The molecular weight excluding hydrogens is 316 g/mol. The highest BCUT2D eigenvalue weighted by Gasteiger charge is 2.12. The molecular formula is C20H24N2O3. The number of morpholine rings is 1. The number of hydrogen-bond acceptors (Lipinski definition) is 4. The van der Waals surface area contributed by atoms with Crippen LogP contribution in [0.4, 0.5) is 11.4 Å². The number of nitrogens with zero attached hydrogens (tertiary/aromatic N) is 1. The number of benzene rings is 2. The second-order valence-corrected chi connectivity index (χ2v) is 5.95. The highest BCUT2D eigenvalue weighted by molar-refractivity contribution is 5.92. The molecule has 0 aliphatic carbocycles. The number of anilines is 2. The Balaban J connectivity index is 1.58. The van der Waals surface area contributed by atoms with E-state index in [1.54, 1.807) is 0 Å². The van der Waals surface area contributed by atoms with Gasteiger partial charge >= 0.3 is 0 Å². The van der Waals surface area contributed by atoms with Gasteiger partial charge in [-0.2, -0.15) is 0 Å². The van der Waals surface area contributed by atoms with E-state index in [0.29, 0.717) is 13.0 Å². The SMILES string of the molecule is CCOc1ccc(CC(=O)Nc2cccc(N3CCOCC3)c2)cc1. The molecule has 0 unspecified atom stereocenters. The summed E-state index contributed by atoms with van der Waals surface area (Å²) in [6, 6.07) is 15.6. The summed E-state index contributed by atoms with van der Waals surface area (Å²) in [7, 11) is 0. The minimum absolute atomic E-state index is 0.0247. The summed E-state index contributed by atoms with van der Waals surface area (Å²) < 4.78 is 10.8. The van der Waals surface area contributed by atoms with Crippen molar-refractivity contribution in [1.29, 1.82) is 0 Å². The summed E-state index contributed by atoms with van der Waals surface area (Å²) in [5.41, 5.74) is 2.90. The maximum Gasteiger partial charge on any atom is 0.228 e. The van der Waals surface area contributed by atoms with Gasteiger partial charge in [-0.1, -0.05) is 18.2 Å². The lowest BCUT2D eigenvalue weighted by Crippen LogP contribution is -2.36. The molecule has 1 saturated heterocycles. The van der Waals surface area contributed by atoms with Crippen molar-refractivity contribution in [3.63, 3.8) is 0 Å². The fraction of sp³-hybridized carbons (Fsp3) is 0.350. The van der Waals surface area contributed by atoms with Crippen LogP contribution in [-0.4, -0.2) is 38.8 Å². The van der Waals surface area contributed by atoms with Crippen molar-refractivity contribution in [3.8, 4) is 5.75 Å². The Kier molecular flexibility index (Phi) is 5.90. The van der Waals surface area contributed by atoms with Crippen LogP contribution >= 0.6 is 0 Å². The quantitative estimate of drug-likeness (QED) is 0.878. The van der Waals surface area contributed by atoms with Gasteiger partial charge in [0.25, 0.3) is 0 Å². The Hall–Kier alpha value is -2.53. The van der Waals surface area contributed by atoms with Crippen LogP contribution in [0, 0.1) is 0 Å². The standard InChI is InChI=1S/C20H24N2O3/c1-2-25-19-8-6-16(7-9-19)14-20(23)21-17-4-3-5-18(15-17)22-10-12-24-13-11-22/h3-9,15H,2,10-14H2,1H3,(H,21,23). The molecule has 5 nitrogen and oxygen atoms in total. The van der Waals surface area contributed by atoms with Crippen LogP contribution in [0.3, 0.4) is 0 Å². The summed E-state index contributed by atoms with van der Waals surface area (Å²) in [5.74, 6) is 0.799. The Morgan fingerprint density at radius 2 is 1.92 bits per heavy atom. The molecule has 25 heavy (non-hydrogen) atoms. The Labute approximate surface area is 148 Å². The summed E-state index contributed by atoms with van der Waals surface area (Å²) in [6.45, 7) is 5.83. The predicted octanol–water partition coefficient (Wildman–Crippen LogP) is 3.10. The fourth-order valence-electron chi connectivity index (χ4n) is 2.86. The number of carbonyl (C=O) groups is 1. The first-order valence-electron chi connectivity index (χ1n) is 8.69. The zero-order valence-electron chi connectivity index (χ0n) is 14.5. The fourth-order valence-corrected chi connectivity index (χ4v) is 2.86. The van der Waals surface area contributed by atoms with Crippen LogP contribution in [0.1, 0.15) is 12.5 Å². The van der Waals surface area contributed by atoms with Crippen LogP contribution < -0.4 is 15.0 Å². The van der Waals surface area contributed by atoms with Crippen molar-refractivity contribution >= 4 is 17.3 Å². The number of nitrogens with one attached hydrogen (secondary N) is 1. The summed E-state index contributed by atoms with van der Waals surface area (Å²) in [5, 5.41) is 2.98. The molecule has 0 saturated carbocycles. The van der Waals surface area contributed by atoms with E-state index in [1.807, 2.05) is 49.4 Å². The monoisotopic (exact) mass is 340 g/mol. The maximum absolute atomic E-state index is 12.3. The predicted molar refractivity (Wildman–Crippen MR) is 99.4 cm³/mol.